The maximum Gasteiger partial charge on any atom is 0.171 e. The largest absolute Gasteiger partial charge is 0.380 e. The quantitative estimate of drug-likeness (QED) is 0.757. The molecule has 2 aromatic rings. The molecule has 0 aliphatic heterocycles. The van der Waals surface area contributed by atoms with Crippen LogP contribution in [-0.4, -0.2) is 12.9 Å². The van der Waals surface area contributed by atoms with Crippen molar-refractivity contribution in [2.45, 2.75) is 18.9 Å². The Bertz CT molecular complexity index is 644. The second-order valence-electron chi connectivity index (χ2n) is 4.82. The Labute approximate surface area is 124 Å². The van der Waals surface area contributed by atoms with Crippen molar-refractivity contribution in [1.29, 1.82) is 5.26 Å². The summed E-state index contributed by atoms with van der Waals surface area (Å²) in [5.41, 5.74) is 2.45. The molecule has 3 nitrogen and oxygen atoms in total. The van der Waals surface area contributed by atoms with E-state index in [4.69, 9.17) is 10.00 Å². The van der Waals surface area contributed by atoms with Crippen LogP contribution in [0.1, 0.15) is 33.8 Å². The van der Waals surface area contributed by atoms with E-state index in [1.165, 1.54) is 0 Å². The van der Waals surface area contributed by atoms with Crippen LogP contribution in [0.3, 0.4) is 0 Å². The van der Waals surface area contributed by atoms with Gasteiger partial charge in [-0.2, -0.15) is 5.26 Å². The molecule has 0 N–H and O–H groups in total. The third kappa shape index (κ3) is 3.77. The molecular formula is C18H17NO2. The number of methoxy groups -OCH3 is 1. The van der Waals surface area contributed by atoms with E-state index in [0.717, 1.165) is 11.1 Å². The first kappa shape index (κ1) is 15.0. The van der Waals surface area contributed by atoms with Gasteiger partial charge in [-0.05, 0) is 17.2 Å². The highest BCUT2D eigenvalue weighted by Crippen LogP contribution is 2.24. The van der Waals surface area contributed by atoms with Crippen molar-refractivity contribution in [3.63, 3.8) is 0 Å². The Morgan fingerprint density at radius 3 is 2.62 bits per heavy atom. The van der Waals surface area contributed by atoms with Crippen LogP contribution in [0, 0.1) is 11.3 Å². The lowest BCUT2D eigenvalue weighted by atomic mass is 9.88. The molecule has 3 heteroatoms. The SMILES string of the molecule is COCc1cccc(C(=O)C(CC#N)c2ccccc2)c1. The number of rotatable bonds is 6. The molecule has 0 fully saturated rings. The fraction of sp³-hybridized carbons (Fsp3) is 0.222. The van der Waals surface area contributed by atoms with Gasteiger partial charge in [-0.25, -0.2) is 0 Å². The standard InChI is InChI=1S/C18H17NO2/c1-21-13-14-6-5-9-16(12-14)18(20)17(10-11-19)15-7-3-2-4-8-15/h2-9,12,17H,10,13H2,1H3. The molecule has 0 amide bonds. The molecular weight excluding hydrogens is 262 g/mol. The molecule has 0 bridgehead atoms. The van der Waals surface area contributed by atoms with Gasteiger partial charge < -0.3 is 4.74 Å². The normalized spacial score (nSPS) is 11.6. The minimum atomic E-state index is -0.422. The van der Waals surface area contributed by atoms with Crippen LogP contribution in [0.25, 0.3) is 0 Å². The number of nitrogens with zero attached hydrogens (tertiary/aromatic N) is 1. The van der Waals surface area contributed by atoms with Gasteiger partial charge in [-0.1, -0.05) is 48.5 Å². The molecule has 2 rings (SSSR count). The van der Waals surface area contributed by atoms with E-state index in [1.54, 1.807) is 13.2 Å². The van der Waals surface area contributed by atoms with E-state index >= 15 is 0 Å². The van der Waals surface area contributed by atoms with E-state index in [0.29, 0.717) is 12.2 Å². The summed E-state index contributed by atoms with van der Waals surface area (Å²) in [4.78, 5) is 12.7. The van der Waals surface area contributed by atoms with Crippen LogP contribution >= 0.6 is 0 Å². The Morgan fingerprint density at radius 1 is 1.19 bits per heavy atom. The Morgan fingerprint density at radius 2 is 1.95 bits per heavy atom. The molecule has 1 unspecified atom stereocenters. The van der Waals surface area contributed by atoms with Crippen molar-refractivity contribution in [2.75, 3.05) is 7.11 Å². The van der Waals surface area contributed by atoms with E-state index in [2.05, 4.69) is 6.07 Å². The van der Waals surface area contributed by atoms with E-state index in [-0.39, 0.29) is 12.2 Å². The lowest BCUT2D eigenvalue weighted by Crippen LogP contribution is -2.13. The average Bonchev–Trinajstić information content (AvgIpc) is 2.53. The summed E-state index contributed by atoms with van der Waals surface area (Å²) in [5.74, 6) is -0.449. The van der Waals surface area contributed by atoms with Crippen LogP contribution in [0.4, 0.5) is 0 Å². The first-order valence-electron chi connectivity index (χ1n) is 6.80. The molecule has 0 saturated carbocycles. The van der Waals surface area contributed by atoms with E-state index < -0.39 is 5.92 Å². The third-order valence-corrected chi connectivity index (χ3v) is 3.34. The summed E-state index contributed by atoms with van der Waals surface area (Å²) in [6, 6.07) is 18.9. The maximum absolute atomic E-state index is 12.7. The number of hydrogen-bond acceptors (Lipinski definition) is 3. The van der Waals surface area contributed by atoms with Crippen molar-refractivity contribution in [3.8, 4) is 6.07 Å². The van der Waals surface area contributed by atoms with Crippen LogP contribution in [0.5, 0.6) is 0 Å². The fourth-order valence-corrected chi connectivity index (χ4v) is 2.32. The number of Topliss-reactive ketones (excluding diaryl/α,β-unsaturated/α-hetero) is 1. The molecule has 0 heterocycles. The van der Waals surface area contributed by atoms with Gasteiger partial charge in [0.15, 0.2) is 5.78 Å². The summed E-state index contributed by atoms with van der Waals surface area (Å²) in [6.45, 7) is 0.468. The fourth-order valence-electron chi connectivity index (χ4n) is 2.32. The number of carbonyl (C=O) groups excluding carboxylic acids is 1. The number of nitriles is 1. The van der Waals surface area contributed by atoms with Crippen molar-refractivity contribution in [2.24, 2.45) is 0 Å². The molecule has 0 spiro atoms. The van der Waals surface area contributed by atoms with Gasteiger partial charge in [0.25, 0.3) is 0 Å². The highest BCUT2D eigenvalue weighted by atomic mass is 16.5. The van der Waals surface area contributed by atoms with Crippen LogP contribution in [-0.2, 0) is 11.3 Å². The highest BCUT2D eigenvalue weighted by molar-refractivity contribution is 6.01. The second kappa shape index (κ2) is 7.37. The molecule has 0 radical (unpaired) electrons. The molecule has 0 aliphatic rings. The minimum absolute atomic E-state index is 0.0271. The lowest BCUT2D eigenvalue weighted by Gasteiger charge is -2.13. The summed E-state index contributed by atoms with van der Waals surface area (Å²) in [6.07, 6.45) is 0.178. The Balaban J connectivity index is 2.31. The summed E-state index contributed by atoms with van der Waals surface area (Å²) >= 11 is 0. The van der Waals surface area contributed by atoms with Crippen molar-refractivity contribution < 1.29 is 9.53 Å². The topological polar surface area (TPSA) is 50.1 Å². The number of carbonyl (C=O) groups is 1. The highest BCUT2D eigenvalue weighted by Gasteiger charge is 2.21. The molecule has 21 heavy (non-hydrogen) atoms. The van der Waals surface area contributed by atoms with Gasteiger partial charge in [-0.3, -0.25) is 4.79 Å². The Hall–Kier alpha value is -2.44. The molecule has 0 aromatic heterocycles. The number of benzene rings is 2. The van der Waals surface area contributed by atoms with Crippen molar-refractivity contribution >= 4 is 5.78 Å². The van der Waals surface area contributed by atoms with Crippen LogP contribution in [0.2, 0.25) is 0 Å². The number of ether oxygens (including phenoxy) is 1. The zero-order valence-electron chi connectivity index (χ0n) is 12.0. The maximum atomic E-state index is 12.7. The smallest absolute Gasteiger partial charge is 0.171 e. The van der Waals surface area contributed by atoms with Gasteiger partial charge >= 0.3 is 0 Å². The monoisotopic (exact) mass is 279 g/mol. The Kier molecular flexibility index (Phi) is 5.25. The predicted molar refractivity (Wildman–Crippen MR) is 80.9 cm³/mol. The molecule has 2 aromatic carbocycles. The van der Waals surface area contributed by atoms with E-state index in [1.807, 2.05) is 48.5 Å². The molecule has 106 valence electrons. The van der Waals surface area contributed by atoms with Gasteiger partial charge in [0.05, 0.1) is 18.6 Å². The first-order valence-corrected chi connectivity index (χ1v) is 6.80. The van der Waals surface area contributed by atoms with Gasteiger partial charge in [0.2, 0.25) is 0 Å². The zero-order valence-corrected chi connectivity index (χ0v) is 12.0. The lowest BCUT2D eigenvalue weighted by molar-refractivity contribution is 0.0960. The van der Waals surface area contributed by atoms with Gasteiger partial charge in [-0.15, -0.1) is 0 Å². The van der Waals surface area contributed by atoms with Gasteiger partial charge in [0, 0.05) is 19.1 Å². The van der Waals surface area contributed by atoms with Gasteiger partial charge in [0.1, 0.15) is 0 Å². The van der Waals surface area contributed by atoms with E-state index in [9.17, 15) is 4.79 Å². The van der Waals surface area contributed by atoms with Crippen LogP contribution in [0.15, 0.2) is 54.6 Å². The molecule has 0 aliphatic carbocycles. The first-order chi connectivity index (χ1) is 10.3. The summed E-state index contributed by atoms with van der Waals surface area (Å²) in [7, 11) is 1.62. The van der Waals surface area contributed by atoms with Crippen LogP contribution < -0.4 is 0 Å². The number of hydrogen-bond donors (Lipinski definition) is 0. The summed E-state index contributed by atoms with van der Waals surface area (Å²) in [5, 5.41) is 9.01. The predicted octanol–water partition coefficient (Wildman–Crippen LogP) is 3.71. The summed E-state index contributed by atoms with van der Waals surface area (Å²) < 4.78 is 5.09. The zero-order chi connectivity index (χ0) is 15.1. The second-order valence-corrected chi connectivity index (χ2v) is 4.82. The number of ketones is 1. The van der Waals surface area contributed by atoms with Crippen molar-refractivity contribution in [3.05, 3.63) is 71.3 Å². The minimum Gasteiger partial charge on any atom is -0.380 e. The van der Waals surface area contributed by atoms with Crippen molar-refractivity contribution in [1.82, 2.24) is 0 Å². The molecule has 1 atom stereocenters. The molecule has 0 saturated heterocycles. The third-order valence-electron chi connectivity index (χ3n) is 3.34. The average molecular weight is 279 g/mol.